The molecule has 4 heterocycles. The van der Waals surface area contributed by atoms with Crippen molar-refractivity contribution < 1.29 is 4.52 Å². The molecule has 0 amide bonds. The Hall–Kier alpha value is -2.80. The zero-order valence-electron chi connectivity index (χ0n) is 16.6. The molecule has 0 spiro atoms. The topological polar surface area (TPSA) is 71.2 Å². The van der Waals surface area contributed by atoms with Gasteiger partial charge in [-0.2, -0.15) is 4.98 Å². The number of aromatic nitrogens is 4. The molecular formula is C22H26N6O. The average molecular weight is 390 g/mol. The minimum atomic E-state index is 0.470. The molecule has 7 heteroatoms. The van der Waals surface area contributed by atoms with Crippen LogP contribution in [0.2, 0.25) is 0 Å². The largest absolute Gasteiger partial charge is 0.356 e. The summed E-state index contributed by atoms with van der Waals surface area (Å²) in [6.07, 6.45) is 9.79. The minimum Gasteiger partial charge on any atom is -0.356 e. The summed E-state index contributed by atoms with van der Waals surface area (Å²) in [7, 11) is 0. The lowest BCUT2D eigenvalue weighted by Gasteiger charge is -2.40. The summed E-state index contributed by atoms with van der Waals surface area (Å²) in [5.41, 5.74) is 1.74. The molecule has 0 saturated carbocycles. The molecule has 0 unspecified atom stereocenters. The summed E-state index contributed by atoms with van der Waals surface area (Å²) in [4.78, 5) is 18.4. The molecule has 0 atom stereocenters. The van der Waals surface area contributed by atoms with Gasteiger partial charge in [0.05, 0.1) is 0 Å². The van der Waals surface area contributed by atoms with Crippen LogP contribution in [-0.2, 0) is 0 Å². The van der Waals surface area contributed by atoms with Crippen LogP contribution in [0.3, 0.4) is 0 Å². The molecule has 29 heavy (non-hydrogen) atoms. The highest BCUT2D eigenvalue weighted by Gasteiger charge is 2.28. The molecule has 7 nitrogen and oxygen atoms in total. The van der Waals surface area contributed by atoms with E-state index in [1.54, 1.807) is 12.5 Å². The first-order valence-electron chi connectivity index (χ1n) is 10.6. The molecule has 1 aromatic carbocycles. The van der Waals surface area contributed by atoms with Crippen LogP contribution >= 0.6 is 0 Å². The predicted molar refractivity (Wildman–Crippen MR) is 111 cm³/mol. The normalized spacial score (nSPS) is 18.8. The van der Waals surface area contributed by atoms with Crippen molar-refractivity contribution in [2.75, 3.05) is 31.1 Å². The second kappa shape index (κ2) is 8.29. The van der Waals surface area contributed by atoms with E-state index < -0.39 is 0 Å². The number of rotatable bonds is 4. The Balaban J connectivity index is 1.33. The first-order valence-corrected chi connectivity index (χ1v) is 10.6. The summed E-state index contributed by atoms with van der Waals surface area (Å²) in [6, 6.07) is 10.6. The Morgan fingerprint density at radius 3 is 2.52 bits per heavy atom. The molecule has 150 valence electrons. The van der Waals surface area contributed by atoms with Gasteiger partial charge in [-0.1, -0.05) is 41.9 Å². The van der Waals surface area contributed by atoms with Crippen molar-refractivity contribution in [2.24, 2.45) is 0 Å². The van der Waals surface area contributed by atoms with E-state index in [-0.39, 0.29) is 0 Å². The number of nitrogens with zero attached hydrogens (tertiary/aromatic N) is 6. The monoisotopic (exact) mass is 390 g/mol. The van der Waals surface area contributed by atoms with Crippen molar-refractivity contribution >= 4 is 5.82 Å². The van der Waals surface area contributed by atoms with E-state index in [2.05, 4.69) is 29.9 Å². The lowest BCUT2D eigenvalue weighted by Crippen LogP contribution is -2.47. The quantitative estimate of drug-likeness (QED) is 0.673. The van der Waals surface area contributed by atoms with Crippen LogP contribution in [0, 0.1) is 0 Å². The molecule has 2 aliphatic heterocycles. The van der Waals surface area contributed by atoms with E-state index in [1.165, 1.54) is 45.2 Å². The molecule has 2 fully saturated rings. The Labute approximate surface area is 170 Å². The number of hydrogen-bond donors (Lipinski definition) is 0. The molecule has 2 saturated heterocycles. The van der Waals surface area contributed by atoms with Gasteiger partial charge in [-0.25, -0.2) is 9.97 Å². The van der Waals surface area contributed by atoms with Gasteiger partial charge in [0.25, 0.3) is 5.89 Å². The standard InChI is InChI=1S/C22H26N6O/c1-3-7-17(8-4-1)20-25-22(29-26-20)19-15-23-16-24-21(19)28-13-9-18(10-14-28)27-11-5-2-6-12-27/h1,3-4,7-8,15-16,18H,2,5-6,9-14H2. The Bertz CT molecular complexity index is 929. The van der Waals surface area contributed by atoms with Gasteiger partial charge in [0.1, 0.15) is 17.7 Å². The summed E-state index contributed by atoms with van der Waals surface area (Å²) in [6.45, 7) is 4.50. The van der Waals surface area contributed by atoms with Crippen LogP contribution < -0.4 is 4.90 Å². The van der Waals surface area contributed by atoms with Gasteiger partial charge in [0, 0.05) is 30.9 Å². The zero-order valence-corrected chi connectivity index (χ0v) is 16.6. The van der Waals surface area contributed by atoms with Crippen LogP contribution in [0.25, 0.3) is 22.8 Å². The highest BCUT2D eigenvalue weighted by molar-refractivity contribution is 5.70. The summed E-state index contributed by atoms with van der Waals surface area (Å²) in [5.74, 6) is 1.94. The second-order valence-electron chi connectivity index (χ2n) is 7.86. The van der Waals surface area contributed by atoms with Gasteiger partial charge in [-0.15, -0.1) is 0 Å². The number of anilines is 1. The molecule has 3 aromatic rings. The van der Waals surface area contributed by atoms with Crippen molar-refractivity contribution in [1.29, 1.82) is 0 Å². The Morgan fingerprint density at radius 1 is 0.931 bits per heavy atom. The lowest BCUT2D eigenvalue weighted by molar-refractivity contribution is 0.141. The fraction of sp³-hybridized carbons (Fsp3) is 0.455. The van der Waals surface area contributed by atoms with E-state index in [4.69, 9.17) is 4.52 Å². The van der Waals surface area contributed by atoms with Gasteiger partial charge in [0.2, 0.25) is 5.82 Å². The minimum absolute atomic E-state index is 0.470. The maximum atomic E-state index is 5.58. The maximum absolute atomic E-state index is 5.58. The van der Waals surface area contributed by atoms with E-state index in [0.717, 1.165) is 30.0 Å². The van der Waals surface area contributed by atoms with Crippen molar-refractivity contribution in [1.82, 2.24) is 25.0 Å². The Morgan fingerprint density at radius 2 is 1.72 bits per heavy atom. The van der Waals surface area contributed by atoms with Gasteiger partial charge < -0.3 is 14.3 Å². The molecule has 0 N–H and O–H groups in total. The number of likely N-dealkylation sites (tertiary alicyclic amines) is 1. The predicted octanol–water partition coefficient (Wildman–Crippen LogP) is 3.65. The molecule has 0 aliphatic carbocycles. The van der Waals surface area contributed by atoms with Gasteiger partial charge in [-0.05, 0) is 38.8 Å². The van der Waals surface area contributed by atoms with Gasteiger partial charge in [-0.3, -0.25) is 0 Å². The molecule has 5 rings (SSSR count). The van der Waals surface area contributed by atoms with Crippen molar-refractivity contribution in [2.45, 2.75) is 38.1 Å². The molecule has 0 bridgehead atoms. The van der Waals surface area contributed by atoms with Crippen molar-refractivity contribution in [3.63, 3.8) is 0 Å². The van der Waals surface area contributed by atoms with Crippen molar-refractivity contribution in [3.05, 3.63) is 42.9 Å². The average Bonchev–Trinajstić information content (AvgIpc) is 3.31. The lowest BCUT2D eigenvalue weighted by atomic mass is 9.99. The third kappa shape index (κ3) is 3.87. The molecule has 2 aromatic heterocycles. The van der Waals surface area contributed by atoms with Crippen LogP contribution in [0.1, 0.15) is 32.1 Å². The highest BCUT2D eigenvalue weighted by Crippen LogP contribution is 2.31. The van der Waals surface area contributed by atoms with Crippen LogP contribution in [0.5, 0.6) is 0 Å². The number of hydrogen-bond acceptors (Lipinski definition) is 7. The smallest absolute Gasteiger partial charge is 0.263 e. The number of benzene rings is 1. The van der Waals surface area contributed by atoms with Gasteiger partial charge in [0.15, 0.2) is 0 Å². The zero-order chi connectivity index (χ0) is 19.5. The summed E-state index contributed by atoms with van der Waals surface area (Å²) < 4.78 is 5.58. The van der Waals surface area contributed by atoms with Crippen LogP contribution in [-0.4, -0.2) is 57.2 Å². The maximum Gasteiger partial charge on any atom is 0.263 e. The van der Waals surface area contributed by atoms with Crippen molar-refractivity contribution in [3.8, 4) is 22.8 Å². The fourth-order valence-corrected chi connectivity index (χ4v) is 4.49. The Kier molecular flexibility index (Phi) is 5.21. The van der Waals surface area contributed by atoms with Crippen LogP contribution in [0.15, 0.2) is 47.4 Å². The van der Waals surface area contributed by atoms with E-state index in [1.807, 2.05) is 30.3 Å². The second-order valence-corrected chi connectivity index (χ2v) is 7.86. The molecule has 0 radical (unpaired) electrons. The first-order chi connectivity index (χ1) is 14.4. The summed E-state index contributed by atoms with van der Waals surface area (Å²) in [5, 5.41) is 4.16. The van der Waals surface area contributed by atoms with E-state index in [0.29, 0.717) is 17.8 Å². The van der Waals surface area contributed by atoms with Gasteiger partial charge >= 0.3 is 0 Å². The summed E-state index contributed by atoms with van der Waals surface area (Å²) >= 11 is 0. The highest BCUT2D eigenvalue weighted by atomic mass is 16.5. The van der Waals surface area contributed by atoms with E-state index >= 15 is 0 Å². The first kappa shape index (κ1) is 18.2. The molecular weight excluding hydrogens is 364 g/mol. The third-order valence-electron chi connectivity index (χ3n) is 6.05. The number of piperidine rings is 2. The SMILES string of the molecule is c1ccc(-c2noc(-c3cncnc3N3CCC(N4CCCCC4)CC3)n2)cc1. The van der Waals surface area contributed by atoms with Crippen LogP contribution in [0.4, 0.5) is 5.82 Å². The fourth-order valence-electron chi connectivity index (χ4n) is 4.49. The van der Waals surface area contributed by atoms with E-state index in [9.17, 15) is 0 Å². The third-order valence-corrected chi connectivity index (χ3v) is 6.05. The molecule has 2 aliphatic rings.